The minimum Gasteiger partial charge on any atom is -0.459 e. The number of esters is 1. The molecule has 0 bridgehead atoms. The number of anilines is 2. The number of carbonyl (C=O) groups excluding carboxylic acids is 4. The summed E-state index contributed by atoms with van der Waals surface area (Å²) in [6.45, 7) is -0.914. The SMILES string of the molecule is CN(CC(=O)Nc1ccc(F)cc1)C(=O)COC(=O)c1ccccc1NC(=O)c1ccco1. The van der Waals surface area contributed by atoms with Crippen molar-refractivity contribution in [1.29, 1.82) is 0 Å². The Morgan fingerprint density at radius 3 is 2.39 bits per heavy atom. The third kappa shape index (κ3) is 6.50. The number of hydrogen-bond acceptors (Lipinski definition) is 6. The predicted octanol–water partition coefficient (Wildman–Crippen LogP) is 2.92. The molecule has 10 heteroatoms. The second-order valence-electron chi connectivity index (χ2n) is 6.86. The number of nitrogens with one attached hydrogen (secondary N) is 2. The minimum atomic E-state index is -0.831. The Hall–Kier alpha value is -4.47. The van der Waals surface area contributed by atoms with E-state index in [1.807, 2.05) is 0 Å². The molecule has 170 valence electrons. The topological polar surface area (TPSA) is 118 Å². The van der Waals surface area contributed by atoms with Crippen molar-refractivity contribution in [3.8, 4) is 0 Å². The number of hydrogen-bond donors (Lipinski definition) is 2. The van der Waals surface area contributed by atoms with E-state index in [1.165, 1.54) is 55.8 Å². The van der Waals surface area contributed by atoms with E-state index >= 15 is 0 Å². The first-order chi connectivity index (χ1) is 15.8. The van der Waals surface area contributed by atoms with Crippen molar-refractivity contribution in [1.82, 2.24) is 4.90 Å². The van der Waals surface area contributed by atoms with Gasteiger partial charge in [-0.15, -0.1) is 0 Å². The first-order valence-corrected chi connectivity index (χ1v) is 9.74. The number of ether oxygens (including phenoxy) is 1. The fraction of sp³-hybridized carbons (Fsp3) is 0.130. The first kappa shape index (κ1) is 23.2. The molecule has 0 spiro atoms. The Kier molecular flexibility index (Phi) is 7.53. The van der Waals surface area contributed by atoms with Crippen LogP contribution in [0.15, 0.2) is 71.3 Å². The van der Waals surface area contributed by atoms with Crippen molar-refractivity contribution < 1.29 is 32.7 Å². The van der Waals surface area contributed by atoms with Gasteiger partial charge >= 0.3 is 5.97 Å². The summed E-state index contributed by atoms with van der Waals surface area (Å²) < 4.78 is 23.0. The molecular weight excluding hydrogens is 433 g/mol. The minimum absolute atomic E-state index is 0.0434. The van der Waals surface area contributed by atoms with Crippen LogP contribution in [-0.2, 0) is 14.3 Å². The second kappa shape index (κ2) is 10.7. The van der Waals surface area contributed by atoms with Crippen molar-refractivity contribution in [3.05, 3.63) is 84.1 Å². The highest BCUT2D eigenvalue weighted by atomic mass is 19.1. The zero-order chi connectivity index (χ0) is 23.8. The summed E-state index contributed by atoms with van der Waals surface area (Å²) in [4.78, 5) is 50.1. The van der Waals surface area contributed by atoms with E-state index in [0.717, 1.165) is 4.90 Å². The fourth-order valence-electron chi connectivity index (χ4n) is 2.71. The summed E-state index contributed by atoms with van der Waals surface area (Å²) in [6, 6.07) is 14.3. The Balaban J connectivity index is 1.52. The number of carbonyl (C=O) groups is 4. The predicted molar refractivity (Wildman–Crippen MR) is 116 cm³/mol. The number of benzene rings is 2. The average Bonchev–Trinajstić information content (AvgIpc) is 3.34. The molecule has 0 atom stereocenters. The molecule has 0 radical (unpaired) electrons. The van der Waals surface area contributed by atoms with Crippen molar-refractivity contribution >= 4 is 35.1 Å². The molecular formula is C23H20FN3O6. The molecule has 0 saturated heterocycles. The summed E-state index contributed by atoms with van der Waals surface area (Å²) in [7, 11) is 1.37. The zero-order valence-electron chi connectivity index (χ0n) is 17.5. The summed E-state index contributed by atoms with van der Waals surface area (Å²) in [6.07, 6.45) is 1.34. The molecule has 0 aliphatic heterocycles. The van der Waals surface area contributed by atoms with Crippen LogP contribution in [0.4, 0.5) is 15.8 Å². The van der Waals surface area contributed by atoms with Gasteiger partial charge < -0.3 is 24.7 Å². The first-order valence-electron chi connectivity index (χ1n) is 9.74. The number of rotatable bonds is 8. The highest BCUT2D eigenvalue weighted by Crippen LogP contribution is 2.18. The lowest BCUT2D eigenvalue weighted by atomic mass is 10.1. The van der Waals surface area contributed by atoms with Gasteiger partial charge in [-0.05, 0) is 48.5 Å². The van der Waals surface area contributed by atoms with Crippen LogP contribution in [0.3, 0.4) is 0 Å². The lowest BCUT2D eigenvalue weighted by Crippen LogP contribution is -2.37. The second-order valence-corrected chi connectivity index (χ2v) is 6.86. The van der Waals surface area contributed by atoms with Crippen molar-refractivity contribution in [3.63, 3.8) is 0 Å². The van der Waals surface area contributed by atoms with Gasteiger partial charge in [0.25, 0.3) is 11.8 Å². The number of amides is 3. The molecule has 0 fully saturated rings. The molecule has 0 aliphatic rings. The van der Waals surface area contributed by atoms with Crippen LogP contribution in [0.1, 0.15) is 20.9 Å². The lowest BCUT2D eigenvalue weighted by Gasteiger charge is -2.17. The molecule has 0 saturated carbocycles. The van der Waals surface area contributed by atoms with Crippen LogP contribution in [0.2, 0.25) is 0 Å². The standard InChI is InChI=1S/C23H20FN3O6/c1-27(13-20(28)25-16-10-8-15(24)9-11-16)21(29)14-33-23(31)17-5-2-3-6-18(17)26-22(30)19-7-4-12-32-19/h2-12H,13-14H2,1H3,(H,25,28)(H,26,30). The van der Waals surface area contributed by atoms with Gasteiger partial charge in [-0.25, -0.2) is 9.18 Å². The van der Waals surface area contributed by atoms with E-state index in [4.69, 9.17) is 9.15 Å². The van der Waals surface area contributed by atoms with E-state index < -0.39 is 36.1 Å². The monoisotopic (exact) mass is 453 g/mol. The Morgan fingerprint density at radius 2 is 1.70 bits per heavy atom. The number of nitrogens with zero attached hydrogens (tertiary/aromatic N) is 1. The third-order valence-electron chi connectivity index (χ3n) is 4.40. The molecule has 3 amide bonds. The molecule has 1 heterocycles. The van der Waals surface area contributed by atoms with Crippen LogP contribution in [0.25, 0.3) is 0 Å². The van der Waals surface area contributed by atoms with E-state index in [2.05, 4.69) is 10.6 Å². The average molecular weight is 453 g/mol. The zero-order valence-corrected chi connectivity index (χ0v) is 17.5. The van der Waals surface area contributed by atoms with E-state index in [9.17, 15) is 23.6 Å². The number of likely N-dealkylation sites (N-methyl/N-ethyl adjacent to an activating group) is 1. The molecule has 0 aliphatic carbocycles. The number of para-hydroxylation sites is 1. The Labute approximate surface area is 188 Å². The number of halogens is 1. The van der Waals surface area contributed by atoms with Crippen LogP contribution < -0.4 is 10.6 Å². The van der Waals surface area contributed by atoms with Crippen molar-refractivity contribution in [2.45, 2.75) is 0 Å². The van der Waals surface area contributed by atoms with Crippen molar-refractivity contribution in [2.24, 2.45) is 0 Å². The quantitative estimate of drug-likeness (QED) is 0.507. The van der Waals surface area contributed by atoms with Crippen molar-refractivity contribution in [2.75, 3.05) is 30.8 Å². The van der Waals surface area contributed by atoms with Crippen LogP contribution in [0, 0.1) is 5.82 Å². The Morgan fingerprint density at radius 1 is 0.970 bits per heavy atom. The number of furan rings is 1. The highest BCUT2D eigenvalue weighted by Gasteiger charge is 2.19. The van der Waals surface area contributed by atoms with Gasteiger partial charge in [-0.1, -0.05) is 12.1 Å². The third-order valence-corrected chi connectivity index (χ3v) is 4.40. The van der Waals surface area contributed by atoms with Gasteiger partial charge in [0.15, 0.2) is 12.4 Å². The van der Waals surface area contributed by atoms with Gasteiger partial charge in [0, 0.05) is 12.7 Å². The maximum Gasteiger partial charge on any atom is 0.340 e. The van der Waals surface area contributed by atoms with Crippen LogP contribution in [0.5, 0.6) is 0 Å². The summed E-state index contributed by atoms with van der Waals surface area (Å²) in [5.41, 5.74) is 0.604. The van der Waals surface area contributed by atoms with Crippen LogP contribution >= 0.6 is 0 Å². The molecule has 2 N–H and O–H groups in total. The van der Waals surface area contributed by atoms with E-state index in [1.54, 1.807) is 18.2 Å². The van der Waals surface area contributed by atoms with Gasteiger partial charge in [0.1, 0.15) is 5.82 Å². The van der Waals surface area contributed by atoms with Gasteiger partial charge in [0.05, 0.1) is 24.1 Å². The normalized spacial score (nSPS) is 10.2. The Bertz CT molecular complexity index is 1150. The molecule has 9 nitrogen and oxygen atoms in total. The smallest absolute Gasteiger partial charge is 0.340 e. The van der Waals surface area contributed by atoms with Crippen LogP contribution in [-0.4, -0.2) is 48.8 Å². The van der Waals surface area contributed by atoms with Gasteiger partial charge in [-0.2, -0.15) is 0 Å². The van der Waals surface area contributed by atoms with E-state index in [-0.39, 0.29) is 23.6 Å². The fourth-order valence-corrected chi connectivity index (χ4v) is 2.71. The summed E-state index contributed by atoms with van der Waals surface area (Å²) in [5.74, 6) is -2.88. The largest absolute Gasteiger partial charge is 0.459 e. The van der Waals surface area contributed by atoms with E-state index in [0.29, 0.717) is 5.69 Å². The molecule has 2 aromatic carbocycles. The molecule has 33 heavy (non-hydrogen) atoms. The molecule has 3 aromatic rings. The van der Waals surface area contributed by atoms with Gasteiger partial charge in [0.2, 0.25) is 5.91 Å². The highest BCUT2D eigenvalue weighted by molar-refractivity contribution is 6.06. The molecule has 1 aromatic heterocycles. The molecule has 3 rings (SSSR count). The van der Waals surface area contributed by atoms with Gasteiger partial charge in [-0.3, -0.25) is 14.4 Å². The molecule has 0 unspecified atom stereocenters. The summed E-state index contributed by atoms with van der Waals surface area (Å²) in [5, 5.41) is 5.08. The summed E-state index contributed by atoms with van der Waals surface area (Å²) >= 11 is 0. The lowest BCUT2D eigenvalue weighted by molar-refractivity contribution is -0.136. The maximum atomic E-state index is 12.9. The maximum absolute atomic E-state index is 12.9.